The van der Waals surface area contributed by atoms with Crippen LogP contribution >= 0.6 is 0 Å². The SMILES string of the molecule is C[C@H](O)c1nc2cnc3[nH]ccc3c2n1C1CCCOC1. The van der Waals surface area contributed by atoms with Gasteiger partial charge < -0.3 is 19.4 Å². The Hall–Kier alpha value is -1.92. The van der Waals surface area contributed by atoms with Gasteiger partial charge in [-0.1, -0.05) is 0 Å². The van der Waals surface area contributed by atoms with Crippen molar-refractivity contribution in [3.63, 3.8) is 0 Å². The first kappa shape index (κ1) is 12.8. The largest absolute Gasteiger partial charge is 0.385 e. The van der Waals surface area contributed by atoms with Crippen molar-refractivity contribution in [3.05, 3.63) is 24.3 Å². The van der Waals surface area contributed by atoms with Crippen LogP contribution in [0.5, 0.6) is 0 Å². The van der Waals surface area contributed by atoms with E-state index in [4.69, 9.17) is 4.74 Å². The van der Waals surface area contributed by atoms with Crippen LogP contribution in [0.25, 0.3) is 22.1 Å². The fourth-order valence-electron chi connectivity index (χ4n) is 3.20. The van der Waals surface area contributed by atoms with Crippen molar-refractivity contribution in [1.82, 2.24) is 19.5 Å². The van der Waals surface area contributed by atoms with Crippen molar-refractivity contribution < 1.29 is 9.84 Å². The zero-order valence-corrected chi connectivity index (χ0v) is 11.9. The Balaban J connectivity index is 2.03. The summed E-state index contributed by atoms with van der Waals surface area (Å²) in [5, 5.41) is 11.1. The van der Waals surface area contributed by atoms with Gasteiger partial charge in [-0.15, -0.1) is 0 Å². The molecule has 3 aromatic rings. The molecule has 0 radical (unpaired) electrons. The molecule has 1 saturated heterocycles. The molecular weight excluding hydrogens is 268 g/mol. The first-order valence-corrected chi connectivity index (χ1v) is 7.35. The Labute approximate surface area is 121 Å². The van der Waals surface area contributed by atoms with Gasteiger partial charge in [0.05, 0.1) is 24.4 Å². The van der Waals surface area contributed by atoms with E-state index in [9.17, 15) is 5.11 Å². The number of pyridine rings is 1. The van der Waals surface area contributed by atoms with E-state index in [1.807, 2.05) is 12.3 Å². The number of nitrogens with zero attached hydrogens (tertiary/aromatic N) is 3. The molecule has 21 heavy (non-hydrogen) atoms. The van der Waals surface area contributed by atoms with Crippen LogP contribution in [0.3, 0.4) is 0 Å². The fourth-order valence-corrected chi connectivity index (χ4v) is 3.20. The number of H-pyrrole nitrogens is 1. The first-order chi connectivity index (χ1) is 10.3. The number of nitrogens with one attached hydrogen (secondary N) is 1. The number of ether oxygens (including phenoxy) is 1. The van der Waals surface area contributed by atoms with Crippen molar-refractivity contribution in [1.29, 1.82) is 0 Å². The minimum atomic E-state index is -0.617. The molecule has 1 aliphatic heterocycles. The van der Waals surface area contributed by atoms with Crippen LogP contribution in [-0.2, 0) is 4.74 Å². The van der Waals surface area contributed by atoms with Gasteiger partial charge in [-0.05, 0) is 25.8 Å². The second kappa shape index (κ2) is 4.82. The number of aromatic amines is 1. The van der Waals surface area contributed by atoms with Crippen LogP contribution < -0.4 is 0 Å². The molecule has 4 heterocycles. The van der Waals surface area contributed by atoms with Gasteiger partial charge in [0.1, 0.15) is 23.1 Å². The molecule has 1 fully saturated rings. The molecule has 2 atom stereocenters. The zero-order chi connectivity index (χ0) is 14.4. The highest BCUT2D eigenvalue weighted by atomic mass is 16.5. The predicted molar refractivity (Wildman–Crippen MR) is 79.1 cm³/mol. The Morgan fingerprint density at radius 2 is 2.43 bits per heavy atom. The van der Waals surface area contributed by atoms with Crippen LogP contribution in [0.15, 0.2) is 18.5 Å². The van der Waals surface area contributed by atoms with E-state index >= 15 is 0 Å². The highest BCUT2D eigenvalue weighted by Crippen LogP contribution is 2.32. The number of aromatic nitrogens is 4. The minimum Gasteiger partial charge on any atom is -0.385 e. The van der Waals surface area contributed by atoms with E-state index in [2.05, 4.69) is 19.5 Å². The molecule has 0 saturated carbocycles. The lowest BCUT2D eigenvalue weighted by Gasteiger charge is -2.26. The summed E-state index contributed by atoms with van der Waals surface area (Å²) in [5.74, 6) is 0.691. The summed E-state index contributed by atoms with van der Waals surface area (Å²) in [6, 6.07) is 2.23. The third kappa shape index (κ3) is 1.94. The average molecular weight is 286 g/mol. The smallest absolute Gasteiger partial charge is 0.139 e. The molecule has 0 aliphatic carbocycles. The maximum atomic E-state index is 10.1. The summed E-state index contributed by atoms with van der Waals surface area (Å²) >= 11 is 0. The summed E-state index contributed by atoms with van der Waals surface area (Å²) in [6.45, 7) is 3.23. The van der Waals surface area contributed by atoms with E-state index in [1.54, 1.807) is 13.1 Å². The number of fused-ring (bicyclic) bond motifs is 3. The molecular formula is C15H18N4O2. The molecule has 2 N–H and O–H groups in total. The number of imidazole rings is 1. The Kier molecular flexibility index (Phi) is 2.94. The van der Waals surface area contributed by atoms with Crippen LogP contribution in [-0.4, -0.2) is 37.8 Å². The van der Waals surface area contributed by atoms with Crippen molar-refractivity contribution in [3.8, 4) is 0 Å². The topological polar surface area (TPSA) is 76.0 Å². The van der Waals surface area contributed by atoms with E-state index in [-0.39, 0.29) is 6.04 Å². The summed E-state index contributed by atoms with van der Waals surface area (Å²) in [4.78, 5) is 12.1. The number of rotatable bonds is 2. The van der Waals surface area contributed by atoms with Gasteiger partial charge in [0.15, 0.2) is 0 Å². The number of aliphatic hydroxyl groups is 1. The van der Waals surface area contributed by atoms with Crippen LogP contribution in [0.1, 0.15) is 37.7 Å². The van der Waals surface area contributed by atoms with E-state index < -0.39 is 6.10 Å². The number of hydrogen-bond donors (Lipinski definition) is 2. The predicted octanol–water partition coefficient (Wildman–Crippen LogP) is 2.32. The van der Waals surface area contributed by atoms with Gasteiger partial charge in [-0.3, -0.25) is 0 Å². The van der Waals surface area contributed by atoms with Gasteiger partial charge >= 0.3 is 0 Å². The molecule has 1 unspecified atom stereocenters. The number of hydrogen-bond acceptors (Lipinski definition) is 4. The van der Waals surface area contributed by atoms with Crippen molar-refractivity contribution in [2.24, 2.45) is 0 Å². The van der Waals surface area contributed by atoms with Crippen LogP contribution in [0.2, 0.25) is 0 Å². The zero-order valence-electron chi connectivity index (χ0n) is 11.9. The summed E-state index contributed by atoms with van der Waals surface area (Å²) < 4.78 is 7.78. The Morgan fingerprint density at radius 1 is 1.52 bits per heavy atom. The van der Waals surface area contributed by atoms with E-state index in [0.29, 0.717) is 12.4 Å². The third-order valence-electron chi connectivity index (χ3n) is 4.14. The van der Waals surface area contributed by atoms with Crippen molar-refractivity contribution in [2.45, 2.75) is 31.9 Å². The number of aliphatic hydroxyl groups excluding tert-OH is 1. The molecule has 6 nitrogen and oxygen atoms in total. The lowest BCUT2D eigenvalue weighted by atomic mass is 10.1. The Bertz CT molecular complexity index is 784. The molecule has 0 amide bonds. The van der Waals surface area contributed by atoms with E-state index in [0.717, 1.165) is 41.5 Å². The van der Waals surface area contributed by atoms with Crippen molar-refractivity contribution >= 4 is 22.1 Å². The normalized spacial score (nSPS) is 21.1. The maximum absolute atomic E-state index is 10.1. The lowest BCUT2D eigenvalue weighted by Crippen LogP contribution is -2.23. The molecule has 0 aromatic carbocycles. The van der Waals surface area contributed by atoms with Gasteiger partial charge in [0, 0.05) is 18.2 Å². The second-order valence-electron chi connectivity index (χ2n) is 5.62. The third-order valence-corrected chi connectivity index (χ3v) is 4.14. The van der Waals surface area contributed by atoms with Gasteiger partial charge in [-0.2, -0.15) is 0 Å². The first-order valence-electron chi connectivity index (χ1n) is 7.35. The molecule has 0 bridgehead atoms. The minimum absolute atomic E-state index is 0.217. The lowest BCUT2D eigenvalue weighted by molar-refractivity contribution is 0.0565. The Morgan fingerprint density at radius 3 is 3.19 bits per heavy atom. The average Bonchev–Trinajstić information content (AvgIpc) is 3.11. The summed E-state index contributed by atoms with van der Waals surface area (Å²) in [6.07, 6.45) is 5.10. The summed E-state index contributed by atoms with van der Waals surface area (Å²) in [5.41, 5.74) is 2.70. The molecule has 1 aliphatic rings. The molecule has 3 aromatic heterocycles. The van der Waals surface area contributed by atoms with Gasteiger partial charge in [0.2, 0.25) is 0 Å². The molecule has 110 valence electrons. The molecule has 0 spiro atoms. The van der Waals surface area contributed by atoms with Crippen LogP contribution in [0, 0.1) is 0 Å². The quantitative estimate of drug-likeness (QED) is 0.758. The molecule has 6 heteroatoms. The highest BCUT2D eigenvalue weighted by Gasteiger charge is 2.25. The monoisotopic (exact) mass is 286 g/mol. The fraction of sp³-hybridized carbons (Fsp3) is 0.467. The van der Waals surface area contributed by atoms with Gasteiger partial charge in [0.25, 0.3) is 0 Å². The maximum Gasteiger partial charge on any atom is 0.139 e. The van der Waals surface area contributed by atoms with Crippen molar-refractivity contribution in [2.75, 3.05) is 13.2 Å². The molecule has 4 rings (SSSR count). The van der Waals surface area contributed by atoms with Crippen LogP contribution in [0.4, 0.5) is 0 Å². The van der Waals surface area contributed by atoms with E-state index in [1.165, 1.54) is 0 Å². The van der Waals surface area contributed by atoms with Gasteiger partial charge in [-0.25, -0.2) is 9.97 Å². The highest BCUT2D eigenvalue weighted by molar-refractivity contribution is 6.01. The standard InChI is InChI=1S/C15H18N4O2/c1-9(20)15-18-12-7-17-14-11(4-5-16-14)13(12)19(15)10-3-2-6-21-8-10/h4-5,7,9-10,20H,2-3,6,8H2,1H3,(H,16,17)/t9-,10?/m0/s1. The second-order valence-corrected chi connectivity index (χ2v) is 5.62. The summed E-state index contributed by atoms with van der Waals surface area (Å²) in [7, 11) is 0.